The van der Waals surface area contributed by atoms with E-state index in [4.69, 9.17) is 9.84 Å². The molecule has 9 nitrogen and oxygen atoms in total. The van der Waals surface area contributed by atoms with Crippen LogP contribution >= 0.6 is 0 Å². The number of aromatic amines is 1. The number of nitrogens with one attached hydrogen (secondary N) is 2. The predicted octanol–water partition coefficient (Wildman–Crippen LogP) is -2.19. The third kappa shape index (κ3) is 3.38. The second-order valence-electron chi connectivity index (χ2n) is 4.85. The zero-order chi connectivity index (χ0) is 15.6. The highest BCUT2D eigenvalue weighted by molar-refractivity contribution is 5.72. The smallest absolute Gasteiger partial charge is 0.330 e. The second kappa shape index (κ2) is 6.20. The largest absolute Gasteiger partial charge is 0.394 e. The minimum atomic E-state index is -0.891. The number of aliphatic hydroxyl groups excluding tert-OH is 2. The summed E-state index contributed by atoms with van der Waals surface area (Å²) in [6, 6.07) is 0. The molecule has 0 aliphatic carbocycles. The predicted molar refractivity (Wildman–Crippen MR) is 70.5 cm³/mol. The molecule has 4 N–H and O–H groups in total. The van der Waals surface area contributed by atoms with Gasteiger partial charge in [-0.15, -0.1) is 0 Å². The second-order valence-corrected chi connectivity index (χ2v) is 4.85. The van der Waals surface area contributed by atoms with E-state index >= 15 is 0 Å². The highest BCUT2D eigenvalue weighted by Crippen LogP contribution is 2.27. The lowest BCUT2D eigenvalue weighted by molar-refractivity contribution is -0.119. The maximum Gasteiger partial charge on any atom is 0.330 e. The molecule has 21 heavy (non-hydrogen) atoms. The van der Waals surface area contributed by atoms with Gasteiger partial charge in [0.25, 0.3) is 5.56 Å². The molecule has 1 saturated heterocycles. The lowest BCUT2D eigenvalue weighted by atomic mass is 10.2. The van der Waals surface area contributed by atoms with Crippen LogP contribution < -0.4 is 16.6 Å². The number of carbonyl (C=O) groups excluding carboxylic acids is 1. The fourth-order valence-electron chi connectivity index (χ4n) is 2.14. The normalized spacial score (nSPS) is 25.0. The van der Waals surface area contributed by atoms with Gasteiger partial charge in [-0.05, 0) is 0 Å². The number of carbonyl (C=O) groups is 1. The van der Waals surface area contributed by atoms with Crippen LogP contribution in [0.4, 0.5) is 0 Å². The van der Waals surface area contributed by atoms with Crippen LogP contribution in [0.5, 0.6) is 0 Å². The Morgan fingerprint density at radius 3 is 2.86 bits per heavy atom. The Morgan fingerprint density at radius 1 is 1.57 bits per heavy atom. The maximum atomic E-state index is 11.8. The van der Waals surface area contributed by atoms with Crippen LogP contribution in [0.1, 0.15) is 25.1 Å². The quantitative estimate of drug-likeness (QED) is 0.499. The summed E-state index contributed by atoms with van der Waals surface area (Å²) in [6.07, 6.45) is -1.03. The zero-order valence-corrected chi connectivity index (χ0v) is 11.4. The molecule has 1 aromatic rings. The molecule has 3 atom stereocenters. The molecular formula is C12H17N3O6. The van der Waals surface area contributed by atoms with E-state index in [1.54, 1.807) is 0 Å². The highest BCUT2D eigenvalue weighted by Gasteiger charge is 2.35. The van der Waals surface area contributed by atoms with Crippen molar-refractivity contribution in [3.8, 4) is 0 Å². The Kier molecular flexibility index (Phi) is 4.56. The van der Waals surface area contributed by atoms with Gasteiger partial charge >= 0.3 is 5.69 Å². The minimum Gasteiger partial charge on any atom is -0.394 e. The molecule has 116 valence electrons. The van der Waals surface area contributed by atoms with Crippen molar-refractivity contribution in [1.82, 2.24) is 14.9 Å². The van der Waals surface area contributed by atoms with E-state index in [2.05, 4.69) is 10.3 Å². The summed E-state index contributed by atoms with van der Waals surface area (Å²) in [5.41, 5.74) is -1.08. The number of aromatic nitrogens is 2. The number of hydrogen-bond donors (Lipinski definition) is 4. The van der Waals surface area contributed by atoms with Crippen LogP contribution in [0.2, 0.25) is 0 Å². The Labute approximate surface area is 119 Å². The average molecular weight is 299 g/mol. The highest BCUT2D eigenvalue weighted by atomic mass is 16.5. The third-order valence-corrected chi connectivity index (χ3v) is 3.26. The topological polar surface area (TPSA) is 134 Å². The van der Waals surface area contributed by atoms with E-state index in [1.165, 1.54) is 13.1 Å². The Balaban J connectivity index is 2.28. The number of aliphatic hydroxyl groups is 2. The van der Waals surface area contributed by atoms with Gasteiger partial charge in [-0.3, -0.25) is 19.1 Å². The van der Waals surface area contributed by atoms with Gasteiger partial charge in [-0.25, -0.2) is 4.79 Å². The molecule has 1 fully saturated rings. The number of H-pyrrole nitrogens is 1. The Bertz CT molecular complexity index is 637. The summed E-state index contributed by atoms with van der Waals surface area (Å²) in [6.45, 7) is 0.921. The van der Waals surface area contributed by atoms with Crippen LogP contribution in [0.15, 0.2) is 15.8 Å². The van der Waals surface area contributed by atoms with Crippen LogP contribution in [-0.4, -0.2) is 44.5 Å². The first-order chi connectivity index (χ1) is 9.92. The maximum absolute atomic E-state index is 11.8. The van der Waals surface area contributed by atoms with Gasteiger partial charge in [-0.1, -0.05) is 0 Å². The van der Waals surface area contributed by atoms with Crippen molar-refractivity contribution in [1.29, 1.82) is 0 Å². The summed E-state index contributed by atoms with van der Waals surface area (Å²) >= 11 is 0. The fraction of sp³-hybridized carbons (Fsp3) is 0.583. The molecule has 1 aliphatic rings. The third-order valence-electron chi connectivity index (χ3n) is 3.26. The lowest BCUT2D eigenvalue weighted by Gasteiger charge is -2.15. The first kappa shape index (κ1) is 15.4. The summed E-state index contributed by atoms with van der Waals surface area (Å²) in [4.78, 5) is 36.5. The number of amides is 1. The standard InChI is InChI=1S/C12H17N3O6/c1-6(17)13-3-7-4-15(12(20)14-11(7)19)10-2-8(18)9(5-16)21-10/h4,8-10,16,18H,2-3,5H2,1H3,(H,13,17)(H,14,19,20)/t8-,9+,10+/m0/s1. The van der Waals surface area contributed by atoms with Gasteiger partial charge in [0.05, 0.1) is 18.3 Å². The summed E-state index contributed by atoms with van der Waals surface area (Å²) in [7, 11) is 0. The first-order valence-electron chi connectivity index (χ1n) is 6.45. The molecule has 0 bridgehead atoms. The average Bonchev–Trinajstić information content (AvgIpc) is 2.78. The van der Waals surface area contributed by atoms with Crippen LogP contribution in [-0.2, 0) is 16.1 Å². The van der Waals surface area contributed by atoms with Crippen molar-refractivity contribution < 1.29 is 19.7 Å². The fourth-order valence-corrected chi connectivity index (χ4v) is 2.14. The molecule has 1 aromatic heterocycles. The van der Waals surface area contributed by atoms with Crippen molar-refractivity contribution in [3.05, 3.63) is 32.6 Å². The lowest BCUT2D eigenvalue weighted by Crippen LogP contribution is -2.36. The molecular weight excluding hydrogens is 282 g/mol. The molecule has 1 amide bonds. The number of hydrogen-bond acceptors (Lipinski definition) is 6. The SMILES string of the molecule is CC(=O)NCc1cn([C@H]2C[C@H](O)[C@@H](CO)O2)c(=O)[nH]c1=O. The molecule has 9 heteroatoms. The molecule has 1 aliphatic heterocycles. The van der Waals surface area contributed by atoms with Crippen LogP contribution in [0.25, 0.3) is 0 Å². The van der Waals surface area contributed by atoms with Crippen molar-refractivity contribution in [2.45, 2.75) is 38.3 Å². The minimum absolute atomic E-state index is 0.0242. The van der Waals surface area contributed by atoms with Gasteiger partial charge in [0.15, 0.2) is 0 Å². The molecule has 0 unspecified atom stereocenters. The van der Waals surface area contributed by atoms with Crippen molar-refractivity contribution in [3.63, 3.8) is 0 Å². The monoisotopic (exact) mass is 299 g/mol. The molecule has 0 spiro atoms. The Hall–Kier alpha value is -1.97. The van der Waals surface area contributed by atoms with Gasteiger partial charge in [0, 0.05) is 26.1 Å². The molecule has 0 saturated carbocycles. The van der Waals surface area contributed by atoms with Gasteiger partial charge in [-0.2, -0.15) is 0 Å². The van der Waals surface area contributed by atoms with Crippen LogP contribution in [0, 0.1) is 0 Å². The van der Waals surface area contributed by atoms with E-state index in [1.807, 2.05) is 0 Å². The Morgan fingerprint density at radius 2 is 2.29 bits per heavy atom. The molecule has 2 rings (SSSR count). The van der Waals surface area contributed by atoms with E-state index in [9.17, 15) is 19.5 Å². The summed E-state index contributed by atoms with van der Waals surface area (Å²) < 4.78 is 6.50. The molecule has 2 heterocycles. The van der Waals surface area contributed by atoms with Gasteiger partial charge < -0.3 is 20.3 Å². The number of rotatable bonds is 4. The van der Waals surface area contributed by atoms with E-state index in [-0.39, 0.29) is 31.0 Å². The molecule has 0 aromatic carbocycles. The van der Waals surface area contributed by atoms with E-state index in [0.717, 1.165) is 4.57 Å². The van der Waals surface area contributed by atoms with E-state index < -0.39 is 29.7 Å². The zero-order valence-electron chi connectivity index (χ0n) is 11.4. The number of nitrogens with zero attached hydrogens (tertiary/aromatic N) is 1. The van der Waals surface area contributed by atoms with Gasteiger partial charge in [0.1, 0.15) is 12.3 Å². The summed E-state index contributed by atoms with van der Waals surface area (Å²) in [5, 5.41) is 21.2. The van der Waals surface area contributed by atoms with Gasteiger partial charge in [0.2, 0.25) is 5.91 Å². The van der Waals surface area contributed by atoms with Crippen molar-refractivity contribution >= 4 is 5.91 Å². The van der Waals surface area contributed by atoms with Crippen molar-refractivity contribution in [2.24, 2.45) is 0 Å². The first-order valence-corrected chi connectivity index (χ1v) is 6.45. The van der Waals surface area contributed by atoms with E-state index in [0.29, 0.717) is 0 Å². The van der Waals surface area contributed by atoms with Crippen molar-refractivity contribution in [2.75, 3.05) is 6.61 Å². The van der Waals surface area contributed by atoms with Crippen LogP contribution in [0.3, 0.4) is 0 Å². The molecule has 0 radical (unpaired) electrons. The number of ether oxygens (including phenoxy) is 1. The summed E-state index contributed by atoms with van der Waals surface area (Å²) in [5.74, 6) is -0.306.